The lowest BCUT2D eigenvalue weighted by Crippen LogP contribution is -1.94. The first-order valence-electron chi connectivity index (χ1n) is 3.42. The average Bonchev–Trinajstić information content (AvgIpc) is 1.94. The Morgan fingerprint density at radius 2 is 2.09 bits per heavy atom. The first-order valence-corrected chi connectivity index (χ1v) is 3.87. The van der Waals surface area contributed by atoms with Crippen LogP contribution in [0.4, 0.5) is 0 Å². The molecule has 1 rings (SSSR count). The number of aryl methyl sites for hydroxylation is 1. The lowest BCUT2D eigenvalue weighted by atomic mass is 10.1. The number of carbonyl (C=O) groups excluding carboxylic acids is 1. The van der Waals surface area contributed by atoms with E-state index < -0.39 is 0 Å². The Labute approximate surface area is 71.8 Å². The summed E-state index contributed by atoms with van der Waals surface area (Å²) in [5.74, 6) is 0.0682. The number of rotatable bonds is 1. The van der Waals surface area contributed by atoms with Crippen molar-refractivity contribution in [2.24, 2.45) is 0 Å². The zero-order chi connectivity index (χ0) is 8.43. The van der Waals surface area contributed by atoms with Crippen LogP contribution in [0.25, 0.3) is 0 Å². The predicted molar refractivity (Wildman–Crippen MR) is 48.4 cm³/mol. The van der Waals surface area contributed by atoms with Gasteiger partial charge in [-0.05, 0) is 19.4 Å². The van der Waals surface area contributed by atoms with Crippen LogP contribution in [0.15, 0.2) is 23.1 Å². The molecule has 58 valence electrons. The van der Waals surface area contributed by atoms with Crippen LogP contribution >= 0.6 is 12.6 Å². The molecule has 0 atom stereocenters. The number of Topliss-reactive ketones (excluding diaryl/α,β-unsaturated/α-hetero) is 1. The summed E-state index contributed by atoms with van der Waals surface area (Å²) in [7, 11) is 0. The third-order valence-electron chi connectivity index (χ3n) is 1.62. The van der Waals surface area contributed by atoms with Crippen LogP contribution in [0.1, 0.15) is 22.8 Å². The van der Waals surface area contributed by atoms with Crippen molar-refractivity contribution in [3.05, 3.63) is 29.3 Å². The number of hydrogen-bond donors (Lipinski definition) is 1. The number of ketones is 1. The van der Waals surface area contributed by atoms with Gasteiger partial charge in [-0.3, -0.25) is 4.79 Å². The second-order valence-corrected chi connectivity index (χ2v) is 2.97. The van der Waals surface area contributed by atoms with Gasteiger partial charge in [0.15, 0.2) is 5.78 Å². The highest BCUT2D eigenvalue weighted by molar-refractivity contribution is 7.80. The topological polar surface area (TPSA) is 17.1 Å². The third-order valence-corrected chi connectivity index (χ3v) is 2.21. The molecule has 0 aliphatic rings. The maximum atomic E-state index is 11.0. The summed E-state index contributed by atoms with van der Waals surface area (Å²) in [6.07, 6.45) is 0. The van der Waals surface area contributed by atoms with E-state index in [1.165, 1.54) is 0 Å². The lowest BCUT2D eigenvalue weighted by Gasteiger charge is -2.02. The molecule has 0 aliphatic carbocycles. The summed E-state index contributed by atoms with van der Waals surface area (Å²) in [4.78, 5) is 11.8. The SMILES string of the molecule is CC(=O)c1cccc(C)c1S. The van der Waals surface area contributed by atoms with Crippen LogP contribution in [0, 0.1) is 6.92 Å². The standard InChI is InChI=1S/C9H10OS/c1-6-4-3-5-8(7(2)10)9(6)11/h3-5,11H,1-2H3. The van der Waals surface area contributed by atoms with Crippen LogP contribution in [0.2, 0.25) is 0 Å². The van der Waals surface area contributed by atoms with Crippen molar-refractivity contribution in [1.82, 2.24) is 0 Å². The molecule has 0 saturated carbocycles. The van der Waals surface area contributed by atoms with Crippen molar-refractivity contribution in [3.63, 3.8) is 0 Å². The van der Waals surface area contributed by atoms with Crippen molar-refractivity contribution >= 4 is 18.4 Å². The molecule has 1 aromatic carbocycles. The minimum absolute atomic E-state index is 0.0682. The van der Waals surface area contributed by atoms with E-state index in [9.17, 15) is 4.79 Å². The summed E-state index contributed by atoms with van der Waals surface area (Å²) >= 11 is 4.23. The smallest absolute Gasteiger partial charge is 0.160 e. The van der Waals surface area contributed by atoms with Crippen molar-refractivity contribution in [3.8, 4) is 0 Å². The van der Waals surface area contributed by atoms with Crippen molar-refractivity contribution < 1.29 is 4.79 Å². The summed E-state index contributed by atoms with van der Waals surface area (Å²) in [5.41, 5.74) is 1.74. The second kappa shape index (κ2) is 3.09. The van der Waals surface area contributed by atoms with Gasteiger partial charge >= 0.3 is 0 Å². The molecule has 0 heterocycles. The number of benzene rings is 1. The highest BCUT2D eigenvalue weighted by Gasteiger charge is 2.04. The molecule has 0 amide bonds. The van der Waals surface area contributed by atoms with E-state index in [1.54, 1.807) is 13.0 Å². The van der Waals surface area contributed by atoms with Crippen molar-refractivity contribution in [1.29, 1.82) is 0 Å². The normalized spacial score (nSPS) is 9.73. The molecule has 0 unspecified atom stereocenters. The fraction of sp³-hybridized carbons (Fsp3) is 0.222. The zero-order valence-corrected chi connectivity index (χ0v) is 7.48. The Bertz CT molecular complexity index is 292. The van der Waals surface area contributed by atoms with Crippen LogP contribution in [0.3, 0.4) is 0 Å². The summed E-state index contributed by atoms with van der Waals surface area (Å²) < 4.78 is 0. The third kappa shape index (κ3) is 1.63. The molecule has 0 radical (unpaired) electrons. The Morgan fingerprint density at radius 3 is 2.55 bits per heavy atom. The van der Waals surface area contributed by atoms with Gasteiger partial charge in [-0.25, -0.2) is 0 Å². The molecule has 0 aliphatic heterocycles. The van der Waals surface area contributed by atoms with Gasteiger partial charge < -0.3 is 0 Å². The first-order chi connectivity index (χ1) is 5.13. The molecule has 2 heteroatoms. The maximum Gasteiger partial charge on any atom is 0.160 e. The summed E-state index contributed by atoms with van der Waals surface area (Å²) in [6, 6.07) is 5.60. The van der Waals surface area contributed by atoms with Gasteiger partial charge in [0, 0.05) is 10.5 Å². The Hall–Kier alpha value is -0.760. The van der Waals surface area contributed by atoms with Crippen LogP contribution in [0.5, 0.6) is 0 Å². The first kappa shape index (κ1) is 8.34. The molecule has 1 aromatic rings. The fourth-order valence-corrected chi connectivity index (χ4v) is 1.25. The van der Waals surface area contributed by atoms with E-state index in [4.69, 9.17) is 0 Å². The molecule has 0 saturated heterocycles. The Morgan fingerprint density at radius 1 is 1.45 bits per heavy atom. The molecule has 0 N–H and O–H groups in total. The minimum Gasteiger partial charge on any atom is -0.294 e. The van der Waals surface area contributed by atoms with Crippen molar-refractivity contribution in [2.75, 3.05) is 0 Å². The predicted octanol–water partition coefficient (Wildman–Crippen LogP) is 2.49. The molecule has 0 fully saturated rings. The largest absolute Gasteiger partial charge is 0.294 e. The van der Waals surface area contributed by atoms with E-state index in [0.717, 1.165) is 10.5 Å². The van der Waals surface area contributed by atoms with E-state index in [0.29, 0.717) is 5.56 Å². The number of hydrogen-bond acceptors (Lipinski definition) is 2. The van der Waals surface area contributed by atoms with Crippen molar-refractivity contribution in [2.45, 2.75) is 18.7 Å². The molecule has 11 heavy (non-hydrogen) atoms. The van der Waals surface area contributed by atoms with E-state index in [1.807, 2.05) is 19.1 Å². The van der Waals surface area contributed by atoms with Gasteiger partial charge in [0.2, 0.25) is 0 Å². The second-order valence-electron chi connectivity index (χ2n) is 2.53. The van der Waals surface area contributed by atoms with Gasteiger partial charge in [0.05, 0.1) is 0 Å². The van der Waals surface area contributed by atoms with E-state index >= 15 is 0 Å². The molecule has 0 aromatic heterocycles. The molecule has 1 nitrogen and oxygen atoms in total. The fourth-order valence-electron chi connectivity index (χ4n) is 0.943. The monoisotopic (exact) mass is 166 g/mol. The van der Waals surface area contributed by atoms with Crippen LogP contribution < -0.4 is 0 Å². The maximum absolute atomic E-state index is 11.0. The molecular formula is C9H10OS. The highest BCUT2D eigenvalue weighted by atomic mass is 32.1. The van der Waals surface area contributed by atoms with Gasteiger partial charge in [0.25, 0.3) is 0 Å². The number of carbonyl (C=O) groups is 1. The Kier molecular flexibility index (Phi) is 2.35. The lowest BCUT2D eigenvalue weighted by molar-refractivity contribution is 0.101. The van der Waals surface area contributed by atoms with Gasteiger partial charge in [0.1, 0.15) is 0 Å². The van der Waals surface area contributed by atoms with Crippen LogP contribution in [-0.2, 0) is 0 Å². The van der Waals surface area contributed by atoms with Gasteiger partial charge in [-0.15, -0.1) is 12.6 Å². The summed E-state index contributed by atoms with van der Waals surface area (Å²) in [5, 5.41) is 0. The molecular weight excluding hydrogens is 156 g/mol. The Balaban J connectivity index is 3.27. The van der Waals surface area contributed by atoms with Gasteiger partial charge in [-0.1, -0.05) is 18.2 Å². The highest BCUT2D eigenvalue weighted by Crippen LogP contribution is 2.18. The quantitative estimate of drug-likeness (QED) is 0.501. The molecule has 0 bridgehead atoms. The number of thiol groups is 1. The minimum atomic E-state index is 0.0682. The molecule has 0 spiro atoms. The van der Waals surface area contributed by atoms with Crippen LogP contribution in [-0.4, -0.2) is 5.78 Å². The van der Waals surface area contributed by atoms with E-state index in [-0.39, 0.29) is 5.78 Å². The van der Waals surface area contributed by atoms with E-state index in [2.05, 4.69) is 12.6 Å². The zero-order valence-electron chi connectivity index (χ0n) is 6.59. The average molecular weight is 166 g/mol. The summed E-state index contributed by atoms with van der Waals surface area (Å²) in [6.45, 7) is 3.49. The van der Waals surface area contributed by atoms with Gasteiger partial charge in [-0.2, -0.15) is 0 Å².